The SMILES string of the molecule is c1ccc(-c2cc(-c3ccccc3)c(N3c4cc(-c5ccc6c(c5)c5ccccc5n6-c5ccccc5)ccc4B4c5ccc(-c6ccc7c(c6)c6ccccc6n7-c6ccccc6)cc5N(c5c(-c6ccccc6)cc(-c6ccccc6)cc5-c5ccccc5)c5cc(-c6ccc7c(c6)c6ccccc6n7-c6ccccc6)cc3c54)c(-c3ccccc3)c2)cc1. The van der Waals surface area contributed by atoms with Gasteiger partial charge >= 0.3 is 0 Å². The van der Waals surface area contributed by atoms with Gasteiger partial charge in [-0.25, -0.2) is 0 Å². The Kier molecular flexibility index (Phi) is 17.0. The summed E-state index contributed by atoms with van der Waals surface area (Å²) < 4.78 is 7.28. The number of anilines is 6. The maximum atomic E-state index is 2.73. The molecule has 126 heavy (non-hydrogen) atoms. The first-order valence-electron chi connectivity index (χ1n) is 43.6. The molecule has 2 aliphatic rings. The van der Waals surface area contributed by atoms with Gasteiger partial charge < -0.3 is 23.5 Å². The summed E-state index contributed by atoms with van der Waals surface area (Å²) in [5.41, 5.74) is 40.4. The molecule has 6 heteroatoms. The van der Waals surface area contributed by atoms with Crippen molar-refractivity contribution >= 4 is 123 Å². The maximum Gasteiger partial charge on any atom is 0.252 e. The van der Waals surface area contributed by atoms with Crippen molar-refractivity contribution in [2.24, 2.45) is 0 Å². The van der Waals surface area contributed by atoms with Gasteiger partial charge in [-0.1, -0.05) is 334 Å². The second kappa shape index (κ2) is 29.7. The smallest absolute Gasteiger partial charge is 0.252 e. The highest BCUT2D eigenvalue weighted by molar-refractivity contribution is 7.00. The normalized spacial score (nSPS) is 12.2. The molecule has 0 saturated carbocycles. The highest BCUT2D eigenvalue weighted by atomic mass is 15.2. The molecule has 586 valence electrons. The summed E-state index contributed by atoms with van der Waals surface area (Å²) in [5, 5.41) is 7.15. The van der Waals surface area contributed by atoms with Crippen molar-refractivity contribution in [1.29, 1.82) is 0 Å². The van der Waals surface area contributed by atoms with E-state index in [9.17, 15) is 0 Å². The molecule has 25 rings (SSSR count). The number of aromatic nitrogens is 3. The minimum Gasteiger partial charge on any atom is -0.310 e. The van der Waals surface area contributed by atoms with Crippen LogP contribution >= 0.6 is 0 Å². The van der Waals surface area contributed by atoms with Gasteiger partial charge in [0.05, 0.1) is 44.5 Å². The van der Waals surface area contributed by atoms with Crippen LogP contribution in [0.25, 0.3) is 183 Å². The summed E-state index contributed by atoms with van der Waals surface area (Å²) in [6.07, 6.45) is 0. The molecule has 0 radical (unpaired) electrons. The van der Waals surface area contributed by atoms with Gasteiger partial charge in [-0.3, -0.25) is 0 Å². The zero-order valence-corrected chi connectivity index (χ0v) is 68.8. The van der Waals surface area contributed by atoms with Crippen LogP contribution in [0.1, 0.15) is 0 Å². The molecule has 2 aliphatic heterocycles. The summed E-state index contributed by atoms with van der Waals surface area (Å²) in [6.45, 7) is -0.332. The van der Waals surface area contributed by atoms with Crippen molar-refractivity contribution in [3.63, 3.8) is 0 Å². The first-order valence-corrected chi connectivity index (χ1v) is 43.6. The third-order valence-corrected chi connectivity index (χ3v) is 26.4. The molecule has 0 saturated heterocycles. The van der Waals surface area contributed by atoms with Crippen molar-refractivity contribution in [3.8, 4) is 117 Å². The zero-order chi connectivity index (χ0) is 82.9. The van der Waals surface area contributed by atoms with Crippen LogP contribution in [0, 0.1) is 0 Å². The second-order valence-corrected chi connectivity index (χ2v) is 33.4. The fraction of sp³-hybridized carbons (Fsp3) is 0. The monoisotopic (exact) mass is 1600 g/mol. The van der Waals surface area contributed by atoms with E-state index in [-0.39, 0.29) is 6.71 Å². The third kappa shape index (κ3) is 11.8. The first-order chi connectivity index (χ1) is 62.5. The fourth-order valence-electron chi connectivity index (χ4n) is 20.7. The highest BCUT2D eigenvalue weighted by Crippen LogP contribution is 2.57. The lowest BCUT2D eigenvalue weighted by atomic mass is 9.33. The Morgan fingerprint density at radius 2 is 0.381 bits per heavy atom. The van der Waals surface area contributed by atoms with E-state index >= 15 is 0 Å². The molecule has 0 N–H and O–H groups in total. The van der Waals surface area contributed by atoms with Crippen molar-refractivity contribution in [3.05, 3.63) is 473 Å². The van der Waals surface area contributed by atoms with Crippen LogP contribution in [0.5, 0.6) is 0 Å². The van der Waals surface area contributed by atoms with E-state index in [0.717, 1.165) is 173 Å². The van der Waals surface area contributed by atoms with Crippen molar-refractivity contribution in [1.82, 2.24) is 13.7 Å². The van der Waals surface area contributed by atoms with Gasteiger partial charge in [0.15, 0.2) is 0 Å². The van der Waals surface area contributed by atoms with Crippen LogP contribution < -0.4 is 26.2 Å². The van der Waals surface area contributed by atoms with E-state index in [1.165, 1.54) is 59.7 Å². The van der Waals surface area contributed by atoms with Gasteiger partial charge in [-0.15, -0.1) is 0 Å². The molecule has 0 amide bonds. The summed E-state index contributed by atoms with van der Waals surface area (Å²) in [7, 11) is 0. The molecular formula is C120H78BN5. The maximum absolute atomic E-state index is 2.73. The predicted molar refractivity (Wildman–Crippen MR) is 532 cm³/mol. The van der Waals surface area contributed by atoms with Crippen LogP contribution in [-0.2, 0) is 0 Å². The molecule has 23 aromatic rings. The Morgan fingerprint density at radius 1 is 0.151 bits per heavy atom. The average molecular weight is 1600 g/mol. The summed E-state index contributed by atoms with van der Waals surface area (Å²) in [5.74, 6) is 0. The Morgan fingerprint density at radius 3 is 0.690 bits per heavy atom. The molecular weight excluding hydrogens is 1520 g/mol. The Labute approximate surface area is 731 Å². The topological polar surface area (TPSA) is 21.3 Å². The van der Waals surface area contributed by atoms with E-state index in [4.69, 9.17) is 0 Å². The van der Waals surface area contributed by atoms with Crippen LogP contribution in [0.15, 0.2) is 473 Å². The van der Waals surface area contributed by atoms with Gasteiger partial charge in [-0.2, -0.15) is 0 Å². The Balaban J connectivity index is 0.842. The third-order valence-electron chi connectivity index (χ3n) is 26.4. The molecule has 0 fully saturated rings. The van der Waals surface area contributed by atoms with Crippen LogP contribution in [0.3, 0.4) is 0 Å². The number of hydrogen-bond donors (Lipinski definition) is 0. The molecule has 0 spiro atoms. The lowest BCUT2D eigenvalue weighted by molar-refractivity contribution is 1.18. The summed E-state index contributed by atoms with van der Waals surface area (Å²) in [4.78, 5) is 5.45. The van der Waals surface area contributed by atoms with E-state index in [1.54, 1.807) is 0 Å². The van der Waals surface area contributed by atoms with Crippen molar-refractivity contribution < 1.29 is 0 Å². The molecule has 20 aromatic carbocycles. The van der Waals surface area contributed by atoms with Gasteiger partial charge in [-0.05, 0) is 234 Å². The molecule has 0 aliphatic carbocycles. The van der Waals surface area contributed by atoms with E-state index < -0.39 is 0 Å². The number of hydrogen-bond acceptors (Lipinski definition) is 2. The Bertz CT molecular complexity index is 7710. The van der Waals surface area contributed by atoms with E-state index in [2.05, 4.69) is 497 Å². The minimum absolute atomic E-state index is 0.332. The number of fused-ring (bicyclic) bond motifs is 13. The van der Waals surface area contributed by atoms with Crippen LogP contribution in [-0.4, -0.2) is 20.4 Å². The molecule has 0 unspecified atom stereocenters. The highest BCUT2D eigenvalue weighted by Gasteiger charge is 2.46. The standard InChI is InChI=1S/C120H78BN5/c1-10-34-79(35-11-1)90-71-99(81-38-14-3-15-39-81)119(100(72-90)82-40-16-4-17-41-82)125-114-75-88(85-60-65-111-103(68-85)96-52-28-31-55-108(96)122(111)93-46-22-7-23-47-93)58-63-106(114)121-107-64-59-89(86-61-66-112-104(69-86)97-53-29-32-56-109(97)123(112)94-48-24-8-25-49-94)76-115(107)126(120-101(83-42-18-5-19-43-83)73-91(80-36-12-2-13-37-80)74-102(120)84-44-20-6-21-45-84)117-78-92(77-116(125)118(117)121)87-62-67-113-105(70-87)98-54-30-33-57-110(98)124(113)95-50-26-9-27-51-95/h1-78H. The molecule has 0 atom stereocenters. The van der Waals surface area contributed by atoms with Gasteiger partial charge in [0.2, 0.25) is 0 Å². The molecule has 5 nitrogen and oxygen atoms in total. The van der Waals surface area contributed by atoms with Crippen LogP contribution in [0.4, 0.5) is 34.1 Å². The summed E-state index contributed by atoms with van der Waals surface area (Å²) in [6, 6.07) is 177. The number of para-hydroxylation sites is 6. The first kappa shape index (κ1) is 72.3. The molecule has 5 heterocycles. The summed E-state index contributed by atoms with van der Waals surface area (Å²) >= 11 is 0. The van der Waals surface area contributed by atoms with Gasteiger partial charge in [0, 0.05) is 94.4 Å². The minimum atomic E-state index is -0.332. The van der Waals surface area contributed by atoms with Crippen LogP contribution in [0.2, 0.25) is 0 Å². The Hall–Kier alpha value is -16.5. The second-order valence-electron chi connectivity index (χ2n) is 33.4. The molecule has 3 aromatic heterocycles. The largest absolute Gasteiger partial charge is 0.310 e. The van der Waals surface area contributed by atoms with E-state index in [1.807, 2.05) is 0 Å². The lowest BCUT2D eigenvalue weighted by Crippen LogP contribution is -2.61. The molecule has 0 bridgehead atoms. The van der Waals surface area contributed by atoms with Gasteiger partial charge in [0.25, 0.3) is 6.71 Å². The van der Waals surface area contributed by atoms with E-state index in [0.29, 0.717) is 0 Å². The van der Waals surface area contributed by atoms with Gasteiger partial charge in [0.1, 0.15) is 0 Å². The number of rotatable bonds is 14. The zero-order valence-electron chi connectivity index (χ0n) is 68.8. The van der Waals surface area contributed by atoms with Crippen molar-refractivity contribution in [2.75, 3.05) is 9.80 Å². The number of nitrogens with zero attached hydrogens (tertiary/aromatic N) is 5. The lowest BCUT2D eigenvalue weighted by Gasteiger charge is -2.46. The number of benzene rings is 20. The average Bonchev–Trinajstić information content (AvgIpc) is 1.03. The quantitative estimate of drug-likeness (QED) is 0.101. The fourth-order valence-corrected chi connectivity index (χ4v) is 20.7. The van der Waals surface area contributed by atoms with Crippen molar-refractivity contribution in [2.45, 2.75) is 0 Å². The predicted octanol–water partition coefficient (Wildman–Crippen LogP) is 30.1.